The van der Waals surface area contributed by atoms with Crippen LogP contribution in [0, 0.1) is 5.41 Å². The Bertz CT molecular complexity index is 109. The molecule has 12 heavy (non-hydrogen) atoms. The van der Waals surface area contributed by atoms with Gasteiger partial charge in [0.05, 0.1) is 8.07 Å². The highest BCUT2D eigenvalue weighted by Gasteiger charge is 2.23. The Kier molecular flexibility index (Phi) is 10.2. The van der Waals surface area contributed by atoms with E-state index in [1.807, 2.05) is 0 Å². The van der Waals surface area contributed by atoms with Crippen molar-refractivity contribution < 1.29 is 4.79 Å². The fourth-order valence-electron chi connectivity index (χ4n) is 1.50. The Labute approximate surface area is 76.9 Å². The molecule has 0 aliphatic carbocycles. The first-order valence-corrected chi connectivity index (χ1v) is 7.53. The average Bonchev–Trinajstić information content (AvgIpc) is 2.11. The van der Waals surface area contributed by atoms with Gasteiger partial charge in [-0.1, -0.05) is 51.9 Å². The molecular weight excluding hydrogens is 166 g/mol. The molecule has 0 aliphatic rings. The highest BCUT2D eigenvalue weighted by atomic mass is 28.3. The van der Waals surface area contributed by atoms with Crippen molar-refractivity contribution in [2.75, 3.05) is 0 Å². The molecule has 0 atom stereocenters. The highest BCUT2D eigenvalue weighted by molar-refractivity contribution is 6.79. The first-order valence-electron chi connectivity index (χ1n) is 4.70. The summed E-state index contributed by atoms with van der Waals surface area (Å²) < 4.78 is 0. The molecule has 0 saturated heterocycles. The summed E-state index contributed by atoms with van der Waals surface area (Å²) in [6.07, 6.45) is 0.750. The number of hydrogen-bond donors (Lipinski definition) is 1. The highest BCUT2D eigenvalue weighted by Crippen LogP contribution is 2.23. The van der Waals surface area contributed by atoms with Crippen LogP contribution < -0.4 is 0 Å². The zero-order valence-corrected chi connectivity index (χ0v) is 9.74. The van der Waals surface area contributed by atoms with E-state index in [1.54, 1.807) is 0 Å². The van der Waals surface area contributed by atoms with Gasteiger partial charge in [0.2, 0.25) is 6.08 Å². The van der Waals surface area contributed by atoms with Gasteiger partial charge in [-0.25, -0.2) is 10.2 Å². The molecule has 2 nitrogen and oxygen atoms in total. The van der Waals surface area contributed by atoms with E-state index in [9.17, 15) is 0 Å². The van der Waals surface area contributed by atoms with Crippen LogP contribution in [0.15, 0.2) is 0 Å². The van der Waals surface area contributed by atoms with Gasteiger partial charge in [0.1, 0.15) is 0 Å². The van der Waals surface area contributed by atoms with Crippen molar-refractivity contribution in [1.29, 1.82) is 5.41 Å². The van der Waals surface area contributed by atoms with Crippen LogP contribution in [0.25, 0.3) is 0 Å². The Hall–Kier alpha value is -0.403. The van der Waals surface area contributed by atoms with Crippen LogP contribution in [0.1, 0.15) is 27.7 Å². The lowest BCUT2D eigenvalue weighted by molar-refractivity contribution is 0.563. The molecule has 0 saturated carbocycles. The predicted octanol–water partition coefficient (Wildman–Crippen LogP) is 3.42. The van der Waals surface area contributed by atoms with E-state index < -0.39 is 8.07 Å². The lowest BCUT2D eigenvalue weighted by Gasteiger charge is -2.25. The van der Waals surface area contributed by atoms with E-state index in [1.165, 1.54) is 24.2 Å². The first kappa shape index (κ1) is 14.1. The lowest BCUT2D eigenvalue weighted by atomic mass is 10.9. The molecule has 0 fully saturated rings. The predicted molar refractivity (Wildman–Crippen MR) is 56.1 cm³/mol. The molecule has 0 aromatic rings. The fourth-order valence-corrected chi connectivity index (χ4v) is 4.50. The average molecular weight is 187 g/mol. The lowest BCUT2D eigenvalue weighted by Crippen LogP contribution is -2.29. The van der Waals surface area contributed by atoms with E-state index in [2.05, 4.69) is 27.7 Å². The van der Waals surface area contributed by atoms with Crippen LogP contribution >= 0.6 is 0 Å². The Morgan fingerprint density at radius 1 is 1.00 bits per heavy atom. The molecule has 72 valence electrons. The summed E-state index contributed by atoms with van der Waals surface area (Å²) >= 11 is 0. The third-order valence-corrected chi connectivity index (χ3v) is 9.00. The summed E-state index contributed by atoms with van der Waals surface area (Å²) in [5.74, 6) is 0. The van der Waals surface area contributed by atoms with Crippen molar-refractivity contribution in [2.45, 2.75) is 51.9 Å². The third kappa shape index (κ3) is 5.27. The van der Waals surface area contributed by atoms with Gasteiger partial charge in [-0.15, -0.1) is 0 Å². The van der Waals surface area contributed by atoms with Crippen LogP contribution in [-0.2, 0) is 4.79 Å². The second kappa shape index (κ2) is 8.69. The molecule has 1 N–H and O–H groups in total. The summed E-state index contributed by atoms with van der Waals surface area (Å²) in [5.41, 5.74) is 0. The van der Waals surface area contributed by atoms with Gasteiger partial charge in [0.25, 0.3) is 0 Å². The molecule has 0 rings (SSSR count). The minimum atomic E-state index is -0.691. The van der Waals surface area contributed by atoms with Crippen LogP contribution in [-0.4, -0.2) is 14.2 Å². The second-order valence-corrected chi connectivity index (χ2v) is 8.84. The molecule has 0 heterocycles. The number of nitrogens with one attached hydrogen (secondary N) is 1. The van der Waals surface area contributed by atoms with E-state index >= 15 is 0 Å². The molecule has 0 aromatic carbocycles. The maximum Gasteiger partial charge on any atom is 0.231 e. The summed E-state index contributed by atoms with van der Waals surface area (Å²) in [6, 6.07) is 5.93. The van der Waals surface area contributed by atoms with E-state index in [0.717, 1.165) is 6.08 Å². The normalized spacial score (nSPS) is 9.67. The fraction of sp³-hybridized carbons (Fsp3) is 0.889. The number of carbonyl (C=O) groups excluding carboxylic acids is 1. The second-order valence-electron chi connectivity index (χ2n) is 3.02. The maximum atomic E-state index is 8.35. The van der Waals surface area contributed by atoms with E-state index in [-0.39, 0.29) is 0 Å². The van der Waals surface area contributed by atoms with Crippen molar-refractivity contribution in [1.82, 2.24) is 0 Å². The van der Waals surface area contributed by atoms with Gasteiger partial charge in [-0.3, -0.25) is 0 Å². The van der Waals surface area contributed by atoms with Crippen molar-refractivity contribution >= 4 is 14.2 Å². The van der Waals surface area contributed by atoms with E-state index in [4.69, 9.17) is 10.2 Å². The van der Waals surface area contributed by atoms with E-state index in [0.29, 0.717) is 0 Å². The quantitative estimate of drug-likeness (QED) is 0.409. The number of hydrogen-bond acceptors (Lipinski definition) is 2. The molecule has 0 spiro atoms. The Balaban J connectivity index is 0. The third-order valence-electron chi connectivity index (χ3n) is 3.00. The molecule has 3 heteroatoms. The topological polar surface area (TPSA) is 40.9 Å². The van der Waals surface area contributed by atoms with Crippen molar-refractivity contribution in [3.8, 4) is 0 Å². The summed E-state index contributed by atoms with van der Waals surface area (Å²) in [4.78, 5) is 8.35. The van der Waals surface area contributed by atoms with Crippen LogP contribution in [0.4, 0.5) is 0 Å². The monoisotopic (exact) mass is 187 g/mol. The maximum absolute atomic E-state index is 8.35. The van der Waals surface area contributed by atoms with Crippen LogP contribution in [0.2, 0.25) is 24.2 Å². The van der Waals surface area contributed by atoms with Crippen molar-refractivity contribution in [3.63, 3.8) is 0 Å². The molecule has 0 radical (unpaired) electrons. The SMILES string of the molecule is CC[Si](CC)(CC)CC.N=C=O. The summed E-state index contributed by atoms with van der Waals surface area (Å²) in [5, 5.41) is 5.40. The van der Waals surface area contributed by atoms with Crippen molar-refractivity contribution in [3.05, 3.63) is 0 Å². The van der Waals surface area contributed by atoms with Gasteiger partial charge >= 0.3 is 0 Å². The molecule has 0 aromatic heterocycles. The molecule has 0 aliphatic heterocycles. The number of rotatable bonds is 4. The zero-order chi connectivity index (χ0) is 10.0. The Morgan fingerprint density at radius 2 is 1.17 bits per heavy atom. The zero-order valence-electron chi connectivity index (χ0n) is 8.74. The molecule has 0 amide bonds. The van der Waals surface area contributed by atoms with Gasteiger partial charge in [0, 0.05) is 0 Å². The van der Waals surface area contributed by atoms with Gasteiger partial charge < -0.3 is 0 Å². The van der Waals surface area contributed by atoms with Gasteiger partial charge in [-0.2, -0.15) is 0 Å². The molecule has 0 bridgehead atoms. The number of isocyanates is 1. The van der Waals surface area contributed by atoms with Crippen LogP contribution in [0.5, 0.6) is 0 Å². The molecular formula is C9H21NOSi. The van der Waals surface area contributed by atoms with Gasteiger partial charge in [-0.05, 0) is 0 Å². The minimum Gasteiger partial charge on any atom is -0.222 e. The largest absolute Gasteiger partial charge is 0.231 e. The standard InChI is InChI=1S/C8H20Si.CHNO/c1-5-9(6-2,7-3)8-4;2-1-3/h5-8H2,1-4H3;2H. The van der Waals surface area contributed by atoms with Crippen molar-refractivity contribution in [2.24, 2.45) is 0 Å². The first-order chi connectivity index (χ1) is 5.66. The summed E-state index contributed by atoms with van der Waals surface area (Å²) in [6.45, 7) is 9.46. The Morgan fingerprint density at radius 3 is 1.17 bits per heavy atom. The minimum absolute atomic E-state index is 0.691. The smallest absolute Gasteiger partial charge is 0.222 e. The molecule has 0 unspecified atom stereocenters. The summed E-state index contributed by atoms with van der Waals surface area (Å²) in [7, 11) is -0.691. The van der Waals surface area contributed by atoms with Gasteiger partial charge in [0.15, 0.2) is 0 Å². The van der Waals surface area contributed by atoms with Crippen LogP contribution in [0.3, 0.4) is 0 Å².